The molecule has 0 fully saturated rings. The minimum absolute atomic E-state index is 0.00872. The zero-order valence-electron chi connectivity index (χ0n) is 11.7. The predicted octanol–water partition coefficient (Wildman–Crippen LogP) is 2.20. The smallest absolute Gasteiger partial charge is 0.137 e. The standard InChI is InChI=1S/C16H9ClN6/c17-13-4-2-1-3-10(13)14-11(7-20)15(9(5-18)6-19)23-16(22)12(14)8-21/h1-4,14,18,23H,22H2/t14-/m0/s1. The predicted molar refractivity (Wildman–Crippen MR) is 83.6 cm³/mol. The van der Waals surface area contributed by atoms with Crippen molar-refractivity contribution in [3.05, 3.63) is 63.1 Å². The second-order valence-electron chi connectivity index (χ2n) is 4.53. The van der Waals surface area contributed by atoms with Crippen molar-refractivity contribution in [3.8, 4) is 18.2 Å². The number of nitrogens with zero attached hydrogens (tertiary/aromatic N) is 3. The fourth-order valence-corrected chi connectivity index (χ4v) is 2.57. The van der Waals surface area contributed by atoms with Gasteiger partial charge in [0, 0.05) is 5.02 Å². The van der Waals surface area contributed by atoms with E-state index in [1.54, 1.807) is 30.3 Å². The molecule has 0 unspecified atom stereocenters. The molecule has 0 aliphatic carbocycles. The highest BCUT2D eigenvalue weighted by molar-refractivity contribution is 6.31. The van der Waals surface area contributed by atoms with Gasteiger partial charge >= 0.3 is 0 Å². The first-order valence-electron chi connectivity index (χ1n) is 6.34. The van der Waals surface area contributed by atoms with Gasteiger partial charge in [0.25, 0.3) is 0 Å². The van der Waals surface area contributed by atoms with Gasteiger partial charge in [-0.1, -0.05) is 29.8 Å². The van der Waals surface area contributed by atoms with Gasteiger partial charge < -0.3 is 11.1 Å². The molecule has 1 heterocycles. The number of nitriles is 3. The zero-order valence-corrected chi connectivity index (χ0v) is 12.4. The molecule has 0 saturated carbocycles. The molecule has 1 atom stereocenters. The van der Waals surface area contributed by atoms with Crippen molar-refractivity contribution in [1.29, 1.82) is 21.2 Å². The van der Waals surface area contributed by atoms with E-state index < -0.39 is 5.92 Å². The number of nitrogens with one attached hydrogen (secondary N) is 2. The summed E-state index contributed by atoms with van der Waals surface area (Å²) in [5.41, 5.74) is 6.48. The maximum absolute atomic E-state index is 9.55. The maximum atomic E-state index is 9.55. The number of dihydropyridines is 1. The molecule has 23 heavy (non-hydrogen) atoms. The number of benzene rings is 1. The van der Waals surface area contributed by atoms with E-state index in [-0.39, 0.29) is 28.2 Å². The number of hydrogen-bond acceptors (Lipinski definition) is 6. The first-order valence-corrected chi connectivity index (χ1v) is 6.72. The highest BCUT2D eigenvalue weighted by atomic mass is 35.5. The third-order valence-electron chi connectivity index (χ3n) is 3.34. The summed E-state index contributed by atoms with van der Waals surface area (Å²) in [5, 5.41) is 38.3. The molecule has 1 aromatic carbocycles. The lowest BCUT2D eigenvalue weighted by Gasteiger charge is -2.26. The number of rotatable bonds is 2. The van der Waals surface area contributed by atoms with Crippen molar-refractivity contribution < 1.29 is 0 Å². The minimum Gasteiger partial charge on any atom is -0.384 e. The Bertz CT molecular complexity index is 913. The average molecular weight is 321 g/mol. The SMILES string of the molecule is N#CC(=C=N)C1=C(C#N)[C@H](c2ccccc2Cl)C(C#N)=C(N)N1. The van der Waals surface area contributed by atoms with Crippen molar-refractivity contribution in [3.63, 3.8) is 0 Å². The first-order chi connectivity index (χ1) is 11.1. The van der Waals surface area contributed by atoms with E-state index in [2.05, 4.69) is 5.32 Å². The molecular formula is C16H9ClN6. The minimum atomic E-state index is -0.813. The lowest BCUT2D eigenvalue weighted by atomic mass is 9.81. The van der Waals surface area contributed by atoms with Crippen LogP contribution in [0.15, 0.2) is 52.5 Å². The Balaban J connectivity index is 2.82. The van der Waals surface area contributed by atoms with E-state index in [1.807, 2.05) is 18.0 Å². The van der Waals surface area contributed by atoms with Crippen LogP contribution in [0, 0.1) is 39.4 Å². The Labute approximate surface area is 137 Å². The van der Waals surface area contributed by atoms with Crippen molar-refractivity contribution in [2.24, 2.45) is 5.73 Å². The Morgan fingerprint density at radius 1 is 1.17 bits per heavy atom. The Kier molecular flexibility index (Phi) is 4.50. The van der Waals surface area contributed by atoms with Crippen LogP contribution in [0.3, 0.4) is 0 Å². The fourth-order valence-electron chi connectivity index (χ4n) is 2.32. The van der Waals surface area contributed by atoms with Crippen LogP contribution in [0.5, 0.6) is 0 Å². The molecule has 0 radical (unpaired) electrons. The average Bonchev–Trinajstić information content (AvgIpc) is 2.56. The summed E-state index contributed by atoms with van der Waals surface area (Å²) in [7, 11) is 0. The summed E-state index contributed by atoms with van der Waals surface area (Å²) in [4.78, 5) is 0. The number of hydrogen-bond donors (Lipinski definition) is 3. The second-order valence-corrected chi connectivity index (χ2v) is 4.94. The van der Waals surface area contributed by atoms with Crippen LogP contribution in [0.1, 0.15) is 11.5 Å². The van der Waals surface area contributed by atoms with E-state index in [1.165, 1.54) is 0 Å². The van der Waals surface area contributed by atoms with Crippen molar-refractivity contribution in [1.82, 2.24) is 5.32 Å². The molecule has 0 bridgehead atoms. The molecule has 2 rings (SSSR count). The van der Waals surface area contributed by atoms with Crippen LogP contribution in [0.4, 0.5) is 0 Å². The molecule has 1 aromatic rings. The number of halogens is 1. The van der Waals surface area contributed by atoms with Crippen LogP contribution in [0.2, 0.25) is 5.02 Å². The largest absolute Gasteiger partial charge is 0.384 e. The highest BCUT2D eigenvalue weighted by Gasteiger charge is 2.33. The molecule has 7 heteroatoms. The fraction of sp³-hybridized carbons (Fsp3) is 0.0625. The van der Waals surface area contributed by atoms with Crippen molar-refractivity contribution in [2.75, 3.05) is 0 Å². The lowest BCUT2D eigenvalue weighted by Crippen LogP contribution is -2.31. The highest BCUT2D eigenvalue weighted by Crippen LogP contribution is 2.40. The third-order valence-corrected chi connectivity index (χ3v) is 3.68. The molecule has 0 spiro atoms. The quantitative estimate of drug-likeness (QED) is 0.567. The van der Waals surface area contributed by atoms with Crippen LogP contribution in [-0.4, -0.2) is 5.87 Å². The third kappa shape index (κ3) is 2.67. The lowest BCUT2D eigenvalue weighted by molar-refractivity contribution is 0.817. The first kappa shape index (κ1) is 15.9. The van der Waals surface area contributed by atoms with Crippen molar-refractivity contribution in [2.45, 2.75) is 5.92 Å². The molecule has 6 nitrogen and oxygen atoms in total. The van der Waals surface area contributed by atoms with Crippen LogP contribution < -0.4 is 11.1 Å². The van der Waals surface area contributed by atoms with Gasteiger partial charge in [0.2, 0.25) is 0 Å². The molecule has 0 amide bonds. The van der Waals surface area contributed by atoms with Gasteiger partial charge in [0.15, 0.2) is 0 Å². The monoisotopic (exact) mass is 320 g/mol. The molecule has 4 N–H and O–H groups in total. The normalized spacial score (nSPS) is 16.5. The summed E-state index contributed by atoms with van der Waals surface area (Å²) in [6.07, 6.45) is 0. The summed E-state index contributed by atoms with van der Waals surface area (Å²) in [6, 6.07) is 12.5. The van der Waals surface area contributed by atoms with Crippen molar-refractivity contribution >= 4 is 17.5 Å². The van der Waals surface area contributed by atoms with E-state index >= 15 is 0 Å². The van der Waals surface area contributed by atoms with Crippen LogP contribution in [0.25, 0.3) is 0 Å². The van der Waals surface area contributed by atoms with E-state index in [9.17, 15) is 10.5 Å². The maximum Gasteiger partial charge on any atom is 0.137 e. The summed E-state index contributed by atoms with van der Waals surface area (Å²) >= 11 is 6.20. The Hall–Kier alpha value is -3.49. The molecule has 110 valence electrons. The molecule has 1 aliphatic rings. The van der Waals surface area contributed by atoms with Gasteiger partial charge in [-0.2, -0.15) is 15.8 Å². The number of allylic oxidation sites excluding steroid dienone is 3. The van der Waals surface area contributed by atoms with Gasteiger partial charge in [-0.25, -0.2) is 0 Å². The van der Waals surface area contributed by atoms with Crippen LogP contribution in [-0.2, 0) is 0 Å². The van der Waals surface area contributed by atoms with Gasteiger partial charge in [0.05, 0.1) is 34.9 Å². The van der Waals surface area contributed by atoms with Gasteiger partial charge in [-0.15, -0.1) is 0 Å². The van der Waals surface area contributed by atoms with E-state index in [4.69, 9.17) is 28.0 Å². The van der Waals surface area contributed by atoms with Crippen LogP contribution >= 0.6 is 11.6 Å². The second kappa shape index (κ2) is 6.52. The Morgan fingerprint density at radius 3 is 2.35 bits per heavy atom. The Morgan fingerprint density at radius 2 is 1.83 bits per heavy atom. The zero-order chi connectivity index (χ0) is 17.0. The molecular weight excluding hydrogens is 312 g/mol. The van der Waals surface area contributed by atoms with E-state index in [0.717, 1.165) is 0 Å². The summed E-state index contributed by atoms with van der Waals surface area (Å²) < 4.78 is 0. The topological polar surface area (TPSA) is 133 Å². The molecule has 1 aliphatic heterocycles. The van der Waals surface area contributed by atoms with E-state index in [0.29, 0.717) is 10.6 Å². The van der Waals surface area contributed by atoms with Gasteiger partial charge in [-0.05, 0) is 17.5 Å². The summed E-state index contributed by atoms with van der Waals surface area (Å²) in [6.45, 7) is 0. The summed E-state index contributed by atoms with van der Waals surface area (Å²) in [5.74, 6) is 1.16. The van der Waals surface area contributed by atoms with Gasteiger partial charge in [-0.3, -0.25) is 5.41 Å². The number of nitrogens with two attached hydrogens (primary N) is 1. The van der Waals surface area contributed by atoms with Gasteiger partial charge in [0.1, 0.15) is 17.5 Å². The molecule has 0 saturated heterocycles. The molecule has 0 aromatic heterocycles.